The summed E-state index contributed by atoms with van der Waals surface area (Å²) >= 11 is 0. The first-order valence-electron chi connectivity index (χ1n) is 9.94. The number of rotatable bonds is 5. The van der Waals surface area contributed by atoms with E-state index in [1.54, 1.807) is 6.07 Å². The summed E-state index contributed by atoms with van der Waals surface area (Å²) in [5.41, 5.74) is 0.885. The van der Waals surface area contributed by atoms with Gasteiger partial charge in [-0.25, -0.2) is 14.2 Å². The zero-order valence-corrected chi connectivity index (χ0v) is 16.7. The number of amides is 2. The molecule has 0 bridgehead atoms. The number of aromatic nitrogens is 2. The molecule has 2 amide bonds. The molecular weight excluding hydrogens is 405 g/mol. The highest BCUT2D eigenvalue weighted by molar-refractivity contribution is 5.91. The van der Waals surface area contributed by atoms with E-state index in [-0.39, 0.29) is 35.8 Å². The van der Waals surface area contributed by atoms with Gasteiger partial charge in [0, 0.05) is 49.5 Å². The van der Waals surface area contributed by atoms with Gasteiger partial charge in [-0.05, 0) is 30.3 Å². The molecular formula is C21H20FN5O4. The second-order valence-electron chi connectivity index (χ2n) is 7.74. The van der Waals surface area contributed by atoms with Crippen LogP contribution in [0.15, 0.2) is 40.9 Å². The number of pyridine rings is 1. The minimum atomic E-state index is -0.533. The molecule has 1 saturated carbocycles. The number of fused-ring (bicyclic) bond motifs is 2. The number of hydrogen-bond acceptors (Lipinski definition) is 7. The molecule has 160 valence electrons. The maximum absolute atomic E-state index is 13.3. The Bertz CT molecular complexity index is 1150. The van der Waals surface area contributed by atoms with E-state index in [0.717, 1.165) is 29.8 Å². The molecule has 1 aliphatic carbocycles. The lowest BCUT2D eigenvalue weighted by Crippen LogP contribution is -2.35. The van der Waals surface area contributed by atoms with Crippen LogP contribution in [0.5, 0.6) is 0 Å². The van der Waals surface area contributed by atoms with Crippen molar-refractivity contribution in [3.8, 4) is 0 Å². The van der Waals surface area contributed by atoms with E-state index >= 15 is 0 Å². The highest BCUT2D eigenvalue weighted by Gasteiger charge is 2.57. The summed E-state index contributed by atoms with van der Waals surface area (Å²) in [7, 11) is 1.49. The Hall–Kier alpha value is -3.69. The number of halogens is 1. The Labute approximate surface area is 176 Å². The Kier molecular flexibility index (Phi) is 4.68. The van der Waals surface area contributed by atoms with Crippen molar-refractivity contribution in [3.05, 3.63) is 53.7 Å². The van der Waals surface area contributed by atoms with Crippen molar-refractivity contribution >= 4 is 28.7 Å². The molecule has 5 rings (SSSR count). The topological polar surface area (TPSA) is 110 Å². The number of anilines is 1. The molecule has 1 aromatic carbocycles. The van der Waals surface area contributed by atoms with E-state index < -0.39 is 6.09 Å². The smallest absolute Gasteiger partial charge is 0.407 e. The second kappa shape index (κ2) is 7.53. The maximum Gasteiger partial charge on any atom is 0.407 e. The third-order valence-corrected chi connectivity index (χ3v) is 5.80. The van der Waals surface area contributed by atoms with Crippen molar-refractivity contribution in [2.24, 2.45) is 11.8 Å². The van der Waals surface area contributed by atoms with Crippen LogP contribution >= 0.6 is 0 Å². The molecule has 0 radical (unpaired) electrons. The number of ether oxygens (including phenoxy) is 1. The van der Waals surface area contributed by atoms with E-state index in [9.17, 15) is 14.0 Å². The van der Waals surface area contributed by atoms with Gasteiger partial charge in [0.2, 0.25) is 0 Å². The Morgan fingerprint density at radius 3 is 2.81 bits per heavy atom. The van der Waals surface area contributed by atoms with Gasteiger partial charge < -0.3 is 24.8 Å². The highest BCUT2D eigenvalue weighted by atomic mass is 19.1. The van der Waals surface area contributed by atoms with Crippen molar-refractivity contribution in [1.82, 2.24) is 20.8 Å². The third-order valence-electron chi connectivity index (χ3n) is 5.80. The van der Waals surface area contributed by atoms with Crippen molar-refractivity contribution in [2.75, 3.05) is 25.0 Å². The molecule has 2 aliphatic rings. The third kappa shape index (κ3) is 3.76. The fourth-order valence-electron chi connectivity index (χ4n) is 4.12. The average Bonchev–Trinajstić information content (AvgIpc) is 3.17. The minimum Gasteiger partial charge on any atom is -0.441 e. The lowest BCUT2D eigenvalue weighted by Gasteiger charge is -2.21. The molecule has 2 fully saturated rings. The largest absolute Gasteiger partial charge is 0.441 e. The van der Waals surface area contributed by atoms with Crippen LogP contribution in [0.2, 0.25) is 0 Å². The Balaban J connectivity index is 1.11. The van der Waals surface area contributed by atoms with Gasteiger partial charge in [-0.2, -0.15) is 0 Å². The first kappa shape index (κ1) is 19.3. The van der Waals surface area contributed by atoms with E-state index in [2.05, 4.69) is 25.7 Å². The van der Waals surface area contributed by atoms with Crippen LogP contribution < -0.4 is 15.5 Å². The van der Waals surface area contributed by atoms with Gasteiger partial charge >= 0.3 is 6.09 Å². The van der Waals surface area contributed by atoms with Crippen LogP contribution in [-0.4, -0.2) is 48.3 Å². The summed E-state index contributed by atoms with van der Waals surface area (Å²) in [5.74, 6) is 1.16. The highest BCUT2D eigenvalue weighted by Crippen LogP contribution is 2.46. The van der Waals surface area contributed by atoms with Gasteiger partial charge in [-0.3, -0.25) is 4.79 Å². The van der Waals surface area contributed by atoms with Crippen molar-refractivity contribution in [1.29, 1.82) is 0 Å². The first-order valence-corrected chi connectivity index (χ1v) is 9.94. The summed E-state index contributed by atoms with van der Waals surface area (Å²) in [6, 6.07) is 9.82. The Morgan fingerprint density at radius 1 is 1.23 bits per heavy atom. The van der Waals surface area contributed by atoms with Crippen LogP contribution in [0.1, 0.15) is 16.2 Å². The van der Waals surface area contributed by atoms with Crippen molar-refractivity contribution in [2.45, 2.75) is 12.6 Å². The summed E-state index contributed by atoms with van der Waals surface area (Å²) in [5, 5.41) is 9.71. The molecule has 2 atom stereocenters. The molecule has 9 nitrogen and oxygen atoms in total. The molecule has 1 saturated heterocycles. The van der Waals surface area contributed by atoms with Crippen LogP contribution in [0, 0.1) is 17.7 Å². The molecule has 31 heavy (non-hydrogen) atoms. The van der Waals surface area contributed by atoms with Crippen molar-refractivity contribution < 1.29 is 23.2 Å². The number of piperidine rings is 1. The van der Waals surface area contributed by atoms with Gasteiger partial charge in [0.1, 0.15) is 11.6 Å². The zero-order chi connectivity index (χ0) is 21.5. The van der Waals surface area contributed by atoms with Gasteiger partial charge in [-0.15, -0.1) is 0 Å². The van der Waals surface area contributed by atoms with E-state index in [1.165, 1.54) is 25.2 Å². The monoisotopic (exact) mass is 425 g/mol. The summed E-state index contributed by atoms with van der Waals surface area (Å²) in [4.78, 5) is 30.4. The number of hydrogen-bond donors (Lipinski definition) is 2. The molecule has 2 N–H and O–H groups in total. The van der Waals surface area contributed by atoms with Crippen molar-refractivity contribution in [3.63, 3.8) is 0 Å². The molecule has 2 unspecified atom stereocenters. The number of carbonyl (C=O) groups excluding carboxylic acids is 2. The zero-order valence-electron chi connectivity index (χ0n) is 16.7. The van der Waals surface area contributed by atoms with Gasteiger partial charge in [0.05, 0.1) is 5.52 Å². The van der Waals surface area contributed by atoms with Gasteiger partial charge in [0.25, 0.3) is 5.91 Å². The van der Waals surface area contributed by atoms with E-state index in [1.807, 2.05) is 12.1 Å². The fourth-order valence-corrected chi connectivity index (χ4v) is 4.12. The lowest BCUT2D eigenvalue weighted by molar-refractivity contribution is 0.0952. The Morgan fingerprint density at radius 2 is 2.03 bits per heavy atom. The predicted molar refractivity (Wildman–Crippen MR) is 108 cm³/mol. The number of nitrogens with one attached hydrogen (secondary N) is 2. The van der Waals surface area contributed by atoms with Crippen LogP contribution in [-0.2, 0) is 11.3 Å². The number of carbonyl (C=O) groups is 2. The maximum atomic E-state index is 13.3. The standard InChI is InChI=1S/C21H20FN5O4/c1-23-20(28)17-7-13(31-26-17)10-30-21(29)25-19-14-8-27(9-15(14)19)18-5-2-11-6-12(22)3-4-16(11)24-18/h2-7,14-15,19H,8-10H2,1H3,(H,23,28)(H,25,29). The number of benzene rings is 1. The van der Waals surface area contributed by atoms with Gasteiger partial charge in [0.15, 0.2) is 18.1 Å². The fraction of sp³-hybridized carbons (Fsp3) is 0.333. The van der Waals surface area contributed by atoms with Crippen LogP contribution in [0.4, 0.5) is 15.0 Å². The molecule has 10 heteroatoms. The van der Waals surface area contributed by atoms with Crippen LogP contribution in [0.25, 0.3) is 10.9 Å². The second-order valence-corrected chi connectivity index (χ2v) is 7.74. The number of nitrogens with zero attached hydrogens (tertiary/aromatic N) is 3. The normalized spacial score (nSPS) is 21.6. The molecule has 3 aromatic rings. The van der Waals surface area contributed by atoms with Gasteiger partial charge in [-0.1, -0.05) is 5.16 Å². The molecule has 2 aromatic heterocycles. The van der Waals surface area contributed by atoms with E-state index in [0.29, 0.717) is 11.8 Å². The van der Waals surface area contributed by atoms with Crippen LogP contribution in [0.3, 0.4) is 0 Å². The summed E-state index contributed by atoms with van der Waals surface area (Å²) in [6.07, 6.45) is -0.533. The molecule has 3 heterocycles. The lowest BCUT2D eigenvalue weighted by atomic mass is 10.2. The minimum absolute atomic E-state index is 0.0643. The number of alkyl carbamates (subject to hydrolysis) is 1. The summed E-state index contributed by atoms with van der Waals surface area (Å²) in [6.45, 7) is 1.46. The molecule has 1 aliphatic heterocycles. The first-order chi connectivity index (χ1) is 15.0. The average molecular weight is 425 g/mol. The quantitative estimate of drug-likeness (QED) is 0.644. The van der Waals surface area contributed by atoms with E-state index in [4.69, 9.17) is 9.26 Å². The molecule has 0 spiro atoms. The predicted octanol–water partition coefficient (Wildman–Crippen LogP) is 2.08. The summed E-state index contributed by atoms with van der Waals surface area (Å²) < 4.78 is 23.5. The SMILES string of the molecule is CNC(=O)c1cc(COC(=O)NC2C3CN(c4ccc5cc(F)ccc5n4)CC32)on1.